The van der Waals surface area contributed by atoms with Gasteiger partial charge in [0.1, 0.15) is 0 Å². The maximum Gasteiger partial charge on any atom is 0.252 e. The van der Waals surface area contributed by atoms with Crippen molar-refractivity contribution in [2.75, 3.05) is 11.9 Å². The van der Waals surface area contributed by atoms with Crippen LogP contribution in [-0.4, -0.2) is 30.4 Å². The van der Waals surface area contributed by atoms with Crippen LogP contribution in [0.5, 0.6) is 0 Å². The number of hydrogen-bond donors (Lipinski definition) is 3. The van der Waals surface area contributed by atoms with E-state index in [1.807, 2.05) is 19.1 Å². The minimum atomic E-state index is -0.214. The van der Waals surface area contributed by atoms with Gasteiger partial charge in [-0.15, -0.1) is 0 Å². The minimum absolute atomic E-state index is 0.0226. The summed E-state index contributed by atoms with van der Waals surface area (Å²) in [5, 5.41) is 9.00. The van der Waals surface area contributed by atoms with Gasteiger partial charge >= 0.3 is 0 Å². The number of carbonyl (C=O) groups is 2. The Kier molecular flexibility index (Phi) is 5.64. The highest BCUT2D eigenvalue weighted by Crippen LogP contribution is 2.21. The summed E-state index contributed by atoms with van der Waals surface area (Å²) >= 11 is 0. The molecule has 1 atom stereocenters. The number of hydrogen-bond acceptors (Lipinski definition) is 3. The Hall–Kier alpha value is -2.04. The van der Waals surface area contributed by atoms with Gasteiger partial charge in [-0.05, 0) is 50.3 Å². The molecule has 0 aromatic heterocycles. The Labute approximate surface area is 138 Å². The van der Waals surface area contributed by atoms with Gasteiger partial charge in [-0.25, -0.2) is 0 Å². The Morgan fingerprint density at radius 3 is 2.52 bits per heavy atom. The van der Waals surface area contributed by atoms with Crippen LogP contribution in [0.3, 0.4) is 0 Å². The summed E-state index contributed by atoms with van der Waals surface area (Å²) in [5.41, 5.74) is 2.46. The molecule has 2 amide bonds. The molecule has 1 unspecified atom stereocenters. The molecule has 5 heteroatoms. The maximum absolute atomic E-state index is 12.3. The molecule has 0 radical (unpaired) electrons. The van der Waals surface area contributed by atoms with E-state index in [1.165, 1.54) is 0 Å². The lowest BCUT2D eigenvalue weighted by atomic mass is 10.0. The zero-order valence-electron chi connectivity index (χ0n) is 14.4. The van der Waals surface area contributed by atoms with Gasteiger partial charge in [0.25, 0.3) is 5.91 Å². The summed E-state index contributed by atoms with van der Waals surface area (Å²) in [6.45, 7) is 8.38. The number of carbonyl (C=O) groups excluding carboxylic acids is 2. The summed E-state index contributed by atoms with van der Waals surface area (Å²) < 4.78 is 0. The van der Waals surface area contributed by atoms with Crippen LogP contribution in [0.15, 0.2) is 18.2 Å². The van der Waals surface area contributed by atoms with Gasteiger partial charge in [0.05, 0.1) is 6.54 Å². The molecular weight excluding hydrogens is 290 g/mol. The van der Waals surface area contributed by atoms with E-state index < -0.39 is 0 Å². The van der Waals surface area contributed by atoms with Crippen LogP contribution in [0.1, 0.15) is 49.5 Å². The van der Waals surface area contributed by atoms with Gasteiger partial charge in [-0.3, -0.25) is 9.59 Å². The molecule has 126 valence electrons. The van der Waals surface area contributed by atoms with Crippen LogP contribution < -0.4 is 16.0 Å². The molecule has 23 heavy (non-hydrogen) atoms. The van der Waals surface area contributed by atoms with Crippen LogP contribution in [0.2, 0.25) is 0 Å². The van der Waals surface area contributed by atoms with Crippen molar-refractivity contribution in [3.05, 3.63) is 29.3 Å². The van der Waals surface area contributed by atoms with Crippen molar-refractivity contribution >= 4 is 17.5 Å². The molecule has 1 saturated carbocycles. The van der Waals surface area contributed by atoms with E-state index in [-0.39, 0.29) is 18.4 Å². The quantitative estimate of drug-likeness (QED) is 0.723. The van der Waals surface area contributed by atoms with Crippen LogP contribution >= 0.6 is 0 Å². The van der Waals surface area contributed by atoms with E-state index in [2.05, 4.69) is 36.7 Å². The molecule has 0 spiro atoms. The molecule has 0 heterocycles. The van der Waals surface area contributed by atoms with Crippen molar-refractivity contribution in [3.63, 3.8) is 0 Å². The van der Waals surface area contributed by atoms with Gasteiger partial charge in [0.15, 0.2) is 0 Å². The topological polar surface area (TPSA) is 70.2 Å². The first-order valence-corrected chi connectivity index (χ1v) is 8.32. The molecule has 5 nitrogen and oxygen atoms in total. The van der Waals surface area contributed by atoms with E-state index in [0.29, 0.717) is 23.6 Å². The molecule has 0 aliphatic heterocycles. The number of amides is 2. The highest BCUT2D eigenvalue weighted by molar-refractivity contribution is 5.98. The molecule has 3 N–H and O–H groups in total. The molecule has 1 aromatic rings. The SMILES string of the molecule is Cc1c(NC(C)C(C)C)cccc1C(=O)NCC(=O)NC1CC1. The second-order valence-electron chi connectivity index (χ2n) is 6.68. The summed E-state index contributed by atoms with van der Waals surface area (Å²) in [6, 6.07) is 6.25. The number of nitrogens with one attached hydrogen (secondary N) is 3. The highest BCUT2D eigenvalue weighted by Gasteiger charge is 2.23. The third-order valence-electron chi connectivity index (χ3n) is 4.31. The predicted molar refractivity (Wildman–Crippen MR) is 92.6 cm³/mol. The van der Waals surface area contributed by atoms with Crippen LogP contribution in [0.4, 0.5) is 5.69 Å². The zero-order valence-corrected chi connectivity index (χ0v) is 14.4. The van der Waals surface area contributed by atoms with Crippen molar-refractivity contribution in [1.29, 1.82) is 0 Å². The molecule has 2 rings (SSSR count). The second kappa shape index (κ2) is 7.49. The Balaban J connectivity index is 1.97. The molecule has 0 saturated heterocycles. The molecule has 1 fully saturated rings. The Morgan fingerprint density at radius 2 is 1.91 bits per heavy atom. The van der Waals surface area contributed by atoms with Gasteiger partial charge < -0.3 is 16.0 Å². The van der Waals surface area contributed by atoms with Crippen LogP contribution in [0.25, 0.3) is 0 Å². The first-order chi connectivity index (χ1) is 10.9. The third-order valence-corrected chi connectivity index (χ3v) is 4.31. The monoisotopic (exact) mass is 317 g/mol. The van der Waals surface area contributed by atoms with Crippen molar-refractivity contribution in [3.8, 4) is 0 Å². The largest absolute Gasteiger partial charge is 0.382 e. The van der Waals surface area contributed by atoms with Crippen molar-refractivity contribution < 1.29 is 9.59 Å². The molecule has 1 aliphatic rings. The first-order valence-electron chi connectivity index (χ1n) is 8.32. The van der Waals surface area contributed by atoms with E-state index in [1.54, 1.807) is 6.07 Å². The lowest BCUT2D eigenvalue weighted by Crippen LogP contribution is -2.38. The molecule has 0 bridgehead atoms. The number of anilines is 1. The van der Waals surface area contributed by atoms with E-state index in [4.69, 9.17) is 0 Å². The van der Waals surface area contributed by atoms with Gasteiger partial charge in [0.2, 0.25) is 5.91 Å². The standard InChI is InChI=1S/C18H27N3O2/c1-11(2)13(4)20-16-7-5-6-15(12(16)3)18(23)19-10-17(22)21-14-8-9-14/h5-7,11,13-14,20H,8-10H2,1-4H3,(H,19,23)(H,21,22). The lowest BCUT2D eigenvalue weighted by Gasteiger charge is -2.21. The zero-order chi connectivity index (χ0) is 17.0. The normalized spacial score (nSPS) is 15.2. The fraction of sp³-hybridized carbons (Fsp3) is 0.556. The molecule has 1 aliphatic carbocycles. The maximum atomic E-state index is 12.3. The average Bonchev–Trinajstić information content (AvgIpc) is 3.30. The van der Waals surface area contributed by atoms with E-state index in [0.717, 1.165) is 24.1 Å². The smallest absolute Gasteiger partial charge is 0.252 e. The van der Waals surface area contributed by atoms with Crippen LogP contribution in [-0.2, 0) is 4.79 Å². The lowest BCUT2D eigenvalue weighted by molar-refractivity contribution is -0.120. The van der Waals surface area contributed by atoms with E-state index >= 15 is 0 Å². The van der Waals surface area contributed by atoms with Gasteiger partial charge in [-0.2, -0.15) is 0 Å². The summed E-state index contributed by atoms with van der Waals surface area (Å²) in [7, 11) is 0. The summed E-state index contributed by atoms with van der Waals surface area (Å²) in [6.07, 6.45) is 2.08. The van der Waals surface area contributed by atoms with E-state index in [9.17, 15) is 9.59 Å². The summed E-state index contributed by atoms with van der Waals surface area (Å²) in [4.78, 5) is 24.0. The third kappa shape index (κ3) is 4.98. The van der Waals surface area contributed by atoms with Crippen molar-refractivity contribution in [1.82, 2.24) is 10.6 Å². The Bertz CT molecular complexity index is 580. The van der Waals surface area contributed by atoms with Gasteiger partial charge in [0, 0.05) is 23.3 Å². The number of benzene rings is 1. The number of rotatable bonds is 7. The fourth-order valence-electron chi connectivity index (χ4n) is 2.21. The predicted octanol–water partition coefficient (Wildman–Crippen LogP) is 2.46. The highest BCUT2D eigenvalue weighted by atomic mass is 16.2. The first kappa shape index (κ1) is 17.3. The minimum Gasteiger partial charge on any atom is -0.382 e. The fourth-order valence-corrected chi connectivity index (χ4v) is 2.21. The second-order valence-corrected chi connectivity index (χ2v) is 6.68. The summed E-state index contributed by atoms with van der Waals surface area (Å²) in [5.74, 6) is 0.161. The molecule has 1 aromatic carbocycles. The molecular formula is C18H27N3O2. The van der Waals surface area contributed by atoms with Crippen molar-refractivity contribution in [2.24, 2.45) is 5.92 Å². The Morgan fingerprint density at radius 1 is 1.22 bits per heavy atom. The van der Waals surface area contributed by atoms with Gasteiger partial charge in [-0.1, -0.05) is 19.9 Å². The van der Waals surface area contributed by atoms with Crippen molar-refractivity contribution in [2.45, 2.75) is 52.6 Å². The average molecular weight is 317 g/mol. The van der Waals surface area contributed by atoms with Crippen LogP contribution in [0, 0.1) is 12.8 Å².